The van der Waals surface area contributed by atoms with Crippen molar-refractivity contribution in [2.24, 2.45) is 5.92 Å². The van der Waals surface area contributed by atoms with E-state index in [2.05, 4.69) is 15.4 Å². The number of hydrogen-bond acceptors (Lipinski definition) is 5. The molecule has 2 heterocycles. The van der Waals surface area contributed by atoms with Crippen LogP contribution in [0.4, 0.5) is 5.69 Å². The van der Waals surface area contributed by atoms with E-state index in [1.807, 2.05) is 30.3 Å². The van der Waals surface area contributed by atoms with E-state index in [1.54, 1.807) is 6.07 Å². The summed E-state index contributed by atoms with van der Waals surface area (Å²) in [4.78, 5) is 24.0. The fourth-order valence-corrected chi connectivity index (χ4v) is 4.51. The topological polar surface area (TPSA) is 76.7 Å². The number of hydrogen-bond donors (Lipinski definition) is 2. The number of anilines is 1. The van der Waals surface area contributed by atoms with Crippen LogP contribution in [-0.4, -0.2) is 37.7 Å². The second-order valence-electron chi connectivity index (χ2n) is 7.75. The van der Waals surface area contributed by atoms with Crippen LogP contribution in [0.25, 0.3) is 10.8 Å². The second-order valence-corrected chi connectivity index (χ2v) is 7.75. The summed E-state index contributed by atoms with van der Waals surface area (Å²) in [6.45, 7) is -0.149. The Labute approximate surface area is 176 Å². The summed E-state index contributed by atoms with van der Waals surface area (Å²) in [6.07, 6.45) is 5.21. The fourth-order valence-electron chi connectivity index (χ4n) is 4.51. The van der Waals surface area contributed by atoms with Gasteiger partial charge in [0.2, 0.25) is 5.91 Å². The minimum Gasteiger partial charge on any atom is -0.481 e. The molecule has 2 aliphatic rings. The van der Waals surface area contributed by atoms with Gasteiger partial charge in [-0.05, 0) is 43.7 Å². The van der Waals surface area contributed by atoms with Crippen molar-refractivity contribution in [3.8, 4) is 5.75 Å². The highest BCUT2D eigenvalue weighted by molar-refractivity contribution is 6.04. The van der Waals surface area contributed by atoms with E-state index in [0.29, 0.717) is 30.2 Å². The van der Waals surface area contributed by atoms with Gasteiger partial charge in [0.15, 0.2) is 6.61 Å². The van der Waals surface area contributed by atoms with E-state index in [0.717, 1.165) is 29.3 Å². The van der Waals surface area contributed by atoms with Gasteiger partial charge < -0.3 is 20.1 Å². The van der Waals surface area contributed by atoms with Crippen LogP contribution in [0.2, 0.25) is 0 Å². The zero-order valence-corrected chi connectivity index (χ0v) is 17.3. The van der Waals surface area contributed by atoms with Crippen LogP contribution in [0.5, 0.6) is 5.75 Å². The number of fused-ring (bicyclic) bond motifs is 3. The summed E-state index contributed by atoms with van der Waals surface area (Å²) in [5.41, 5.74) is 0.767. The maximum absolute atomic E-state index is 12.7. The van der Waals surface area contributed by atoms with Crippen molar-refractivity contribution < 1.29 is 19.1 Å². The summed E-state index contributed by atoms with van der Waals surface area (Å²) in [6, 6.07) is 12.5. The molecule has 7 heteroatoms. The minimum absolute atomic E-state index is 0. The molecule has 2 aromatic rings. The van der Waals surface area contributed by atoms with Crippen molar-refractivity contribution in [3.05, 3.63) is 36.4 Å². The third-order valence-corrected chi connectivity index (χ3v) is 5.78. The van der Waals surface area contributed by atoms with Crippen molar-refractivity contribution in [1.29, 1.82) is 0 Å². The monoisotopic (exact) mass is 418 g/mol. The molecular weight excluding hydrogens is 392 g/mol. The normalized spacial score (nSPS) is 22.6. The molecule has 29 heavy (non-hydrogen) atoms. The van der Waals surface area contributed by atoms with Crippen LogP contribution < -0.4 is 15.4 Å². The van der Waals surface area contributed by atoms with Gasteiger partial charge in [0, 0.05) is 35.0 Å². The molecule has 2 aliphatic heterocycles. The van der Waals surface area contributed by atoms with Gasteiger partial charge in [-0.3, -0.25) is 4.79 Å². The van der Waals surface area contributed by atoms with Crippen LogP contribution in [0.15, 0.2) is 36.4 Å². The zero-order chi connectivity index (χ0) is 19.5. The van der Waals surface area contributed by atoms with E-state index < -0.39 is 5.97 Å². The van der Waals surface area contributed by atoms with E-state index in [-0.39, 0.29) is 24.9 Å². The molecule has 2 N–H and O–H groups in total. The molecule has 2 fully saturated rings. The molecule has 4 rings (SSSR count). The van der Waals surface area contributed by atoms with Gasteiger partial charge in [-0.2, -0.15) is 0 Å². The number of methoxy groups -OCH3 is 1. The van der Waals surface area contributed by atoms with E-state index in [1.165, 1.54) is 20.0 Å². The molecule has 0 radical (unpaired) electrons. The number of piperidine rings is 1. The number of nitrogens with one attached hydrogen (secondary N) is 2. The van der Waals surface area contributed by atoms with Crippen LogP contribution in [-0.2, 0) is 14.3 Å². The predicted molar refractivity (Wildman–Crippen MR) is 115 cm³/mol. The van der Waals surface area contributed by atoms with Gasteiger partial charge in [0.05, 0.1) is 7.11 Å². The zero-order valence-electron chi connectivity index (χ0n) is 16.5. The first-order valence-electron chi connectivity index (χ1n) is 9.89. The quantitative estimate of drug-likeness (QED) is 0.700. The Morgan fingerprint density at radius 1 is 1.07 bits per heavy atom. The Kier molecular flexibility index (Phi) is 6.98. The van der Waals surface area contributed by atoms with Crippen LogP contribution in [0.1, 0.15) is 32.1 Å². The molecule has 0 aliphatic carbocycles. The fraction of sp³-hybridized carbons (Fsp3) is 0.455. The predicted octanol–water partition coefficient (Wildman–Crippen LogP) is 3.67. The van der Waals surface area contributed by atoms with Crippen LogP contribution >= 0.6 is 12.4 Å². The summed E-state index contributed by atoms with van der Waals surface area (Å²) in [7, 11) is 1.33. The summed E-state index contributed by atoms with van der Waals surface area (Å²) >= 11 is 0. The standard InChI is InChI=1S/C22H26N2O4.ClH/c1-27-22(26)13-28-20-9-8-19(17-4-2-3-5-18(17)20)24-21(25)12-14-10-15-6-7-16(11-14)23-15;/h2-5,8-9,14-16,23H,6-7,10-13H2,1H3,(H,24,25);1H. The van der Waals surface area contributed by atoms with Crippen LogP contribution in [0, 0.1) is 5.92 Å². The smallest absolute Gasteiger partial charge is 0.343 e. The molecule has 0 spiro atoms. The third-order valence-electron chi connectivity index (χ3n) is 5.78. The van der Waals surface area contributed by atoms with Gasteiger partial charge >= 0.3 is 5.97 Å². The van der Waals surface area contributed by atoms with Gasteiger partial charge in [0.25, 0.3) is 0 Å². The number of benzene rings is 2. The first-order valence-corrected chi connectivity index (χ1v) is 9.89. The molecule has 6 nitrogen and oxygen atoms in total. The van der Waals surface area contributed by atoms with Gasteiger partial charge in [-0.25, -0.2) is 4.79 Å². The summed E-state index contributed by atoms with van der Waals surface area (Å²) < 4.78 is 10.2. The lowest BCUT2D eigenvalue weighted by molar-refractivity contribution is -0.142. The summed E-state index contributed by atoms with van der Waals surface area (Å²) in [5, 5.41) is 8.44. The Morgan fingerprint density at radius 2 is 1.76 bits per heavy atom. The number of carbonyl (C=O) groups excluding carboxylic acids is 2. The number of amides is 1. The van der Waals surface area contributed by atoms with Gasteiger partial charge in [-0.15, -0.1) is 12.4 Å². The van der Waals surface area contributed by atoms with Crippen molar-refractivity contribution >= 4 is 40.7 Å². The highest BCUT2D eigenvalue weighted by Gasteiger charge is 2.34. The maximum atomic E-state index is 12.7. The molecule has 0 saturated carbocycles. The van der Waals surface area contributed by atoms with Crippen molar-refractivity contribution in [2.45, 2.75) is 44.2 Å². The Hall–Kier alpha value is -2.31. The number of carbonyl (C=O) groups is 2. The largest absolute Gasteiger partial charge is 0.481 e. The van der Waals surface area contributed by atoms with Gasteiger partial charge in [0.1, 0.15) is 5.75 Å². The second kappa shape index (κ2) is 9.46. The van der Waals surface area contributed by atoms with Crippen molar-refractivity contribution in [3.63, 3.8) is 0 Å². The Morgan fingerprint density at radius 3 is 2.45 bits per heavy atom. The molecule has 2 aromatic carbocycles. The highest BCUT2D eigenvalue weighted by Crippen LogP contribution is 2.34. The average molecular weight is 419 g/mol. The van der Waals surface area contributed by atoms with Crippen molar-refractivity contribution in [2.75, 3.05) is 19.0 Å². The van der Waals surface area contributed by atoms with Gasteiger partial charge in [-0.1, -0.05) is 24.3 Å². The SMILES string of the molecule is COC(=O)COc1ccc(NC(=O)CC2CC3CCC(C2)N3)c2ccccc12.Cl. The summed E-state index contributed by atoms with van der Waals surface area (Å²) in [5.74, 6) is 0.665. The number of ether oxygens (including phenoxy) is 2. The van der Waals surface area contributed by atoms with Crippen molar-refractivity contribution in [1.82, 2.24) is 5.32 Å². The molecule has 1 amide bonds. The minimum atomic E-state index is -0.433. The number of esters is 1. The lowest BCUT2D eigenvalue weighted by Crippen LogP contribution is -2.39. The maximum Gasteiger partial charge on any atom is 0.343 e. The lowest BCUT2D eigenvalue weighted by atomic mass is 9.89. The first-order chi connectivity index (χ1) is 13.6. The number of halogens is 1. The molecule has 2 unspecified atom stereocenters. The Balaban J connectivity index is 0.00000240. The molecule has 0 aromatic heterocycles. The average Bonchev–Trinajstić information content (AvgIpc) is 3.05. The highest BCUT2D eigenvalue weighted by atomic mass is 35.5. The molecule has 2 bridgehead atoms. The molecule has 2 saturated heterocycles. The van der Waals surface area contributed by atoms with E-state index in [4.69, 9.17) is 4.74 Å². The van der Waals surface area contributed by atoms with Crippen LogP contribution in [0.3, 0.4) is 0 Å². The molecule has 156 valence electrons. The van der Waals surface area contributed by atoms with E-state index in [9.17, 15) is 9.59 Å². The third kappa shape index (κ3) is 5.00. The first kappa shape index (κ1) is 21.4. The molecular formula is C22H27ClN2O4. The Bertz CT molecular complexity index is 876. The molecule has 2 atom stereocenters. The van der Waals surface area contributed by atoms with E-state index >= 15 is 0 Å². The number of rotatable bonds is 6. The lowest BCUT2D eigenvalue weighted by Gasteiger charge is -2.28.